The Morgan fingerprint density at radius 1 is 1.53 bits per heavy atom. The highest BCUT2D eigenvalue weighted by Crippen LogP contribution is 2.48. The van der Waals surface area contributed by atoms with Crippen LogP contribution in [0.5, 0.6) is 0 Å². The molecule has 1 aliphatic heterocycles. The molecule has 2 unspecified atom stereocenters. The molecule has 0 aromatic heterocycles. The normalized spacial score (nSPS) is 29.5. The number of carbonyl (C=O) groups is 1. The van der Waals surface area contributed by atoms with Gasteiger partial charge < -0.3 is 15.7 Å². The minimum absolute atomic E-state index is 0. The number of rotatable bonds is 5. The van der Waals surface area contributed by atoms with Gasteiger partial charge >= 0.3 is 0 Å². The third-order valence-corrected chi connectivity index (χ3v) is 3.80. The van der Waals surface area contributed by atoms with Crippen molar-refractivity contribution in [3.63, 3.8) is 0 Å². The smallest absolute Gasteiger partial charge is 0.237 e. The molecule has 1 saturated heterocycles. The van der Waals surface area contributed by atoms with Crippen molar-refractivity contribution < 1.29 is 9.90 Å². The molecule has 17 heavy (non-hydrogen) atoms. The van der Waals surface area contributed by atoms with Crippen LogP contribution in [0.3, 0.4) is 0 Å². The van der Waals surface area contributed by atoms with Gasteiger partial charge in [-0.2, -0.15) is 0 Å². The van der Waals surface area contributed by atoms with Gasteiger partial charge in [0, 0.05) is 13.1 Å². The van der Waals surface area contributed by atoms with E-state index in [0.29, 0.717) is 18.4 Å². The maximum absolute atomic E-state index is 11.8. The summed E-state index contributed by atoms with van der Waals surface area (Å²) >= 11 is 0. The number of carbonyl (C=O) groups excluding carboxylic acids is 1. The Hall–Kier alpha value is -0.320. The average molecular weight is 263 g/mol. The van der Waals surface area contributed by atoms with E-state index >= 15 is 0 Å². The first-order chi connectivity index (χ1) is 7.65. The fraction of sp³-hybridized carbons (Fsp3) is 0.917. The molecule has 2 rings (SSSR count). The van der Waals surface area contributed by atoms with Crippen molar-refractivity contribution in [3.8, 4) is 0 Å². The van der Waals surface area contributed by atoms with Gasteiger partial charge in [0.1, 0.15) is 0 Å². The second-order valence-corrected chi connectivity index (χ2v) is 5.32. The highest BCUT2D eigenvalue weighted by Gasteiger charge is 2.42. The molecule has 2 aliphatic rings. The summed E-state index contributed by atoms with van der Waals surface area (Å²) in [5, 5.41) is 15.4. The summed E-state index contributed by atoms with van der Waals surface area (Å²) in [7, 11) is 0. The molecular weight excluding hydrogens is 240 g/mol. The molecule has 5 heteroatoms. The zero-order valence-electron chi connectivity index (χ0n) is 10.4. The van der Waals surface area contributed by atoms with Crippen LogP contribution in [0.15, 0.2) is 0 Å². The lowest BCUT2D eigenvalue weighted by molar-refractivity contribution is -0.123. The quantitative estimate of drug-likeness (QED) is 0.688. The largest absolute Gasteiger partial charge is 0.392 e. The number of β-amino-alcohol motifs (C(OH)–C–C–N with tert-alkyl or cyclic N) is 1. The van der Waals surface area contributed by atoms with Gasteiger partial charge in [0.15, 0.2) is 0 Å². The topological polar surface area (TPSA) is 61.4 Å². The summed E-state index contributed by atoms with van der Waals surface area (Å²) in [5.41, 5.74) is 0.404. The van der Waals surface area contributed by atoms with Crippen molar-refractivity contribution >= 4 is 18.3 Å². The monoisotopic (exact) mass is 262 g/mol. The molecule has 4 nitrogen and oxygen atoms in total. The number of aliphatic hydroxyl groups excluding tert-OH is 1. The van der Waals surface area contributed by atoms with Gasteiger partial charge in [-0.15, -0.1) is 12.4 Å². The minimum Gasteiger partial charge on any atom is -0.392 e. The fourth-order valence-electron chi connectivity index (χ4n) is 2.54. The molecule has 1 amide bonds. The molecule has 1 aliphatic carbocycles. The molecule has 0 spiro atoms. The zero-order valence-corrected chi connectivity index (χ0v) is 11.2. The summed E-state index contributed by atoms with van der Waals surface area (Å²) in [5.74, 6) is 0.0546. The Kier molecular flexibility index (Phi) is 5.22. The molecule has 2 atom stereocenters. The number of hydrogen-bond donors (Lipinski definition) is 3. The highest BCUT2D eigenvalue weighted by molar-refractivity contribution is 5.85. The Bertz CT molecular complexity index is 269. The van der Waals surface area contributed by atoms with Gasteiger partial charge in [0.05, 0.1) is 12.1 Å². The van der Waals surface area contributed by atoms with Gasteiger partial charge in [-0.3, -0.25) is 4.79 Å². The molecule has 1 heterocycles. The van der Waals surface area contributed by atoms with E-state index in [-0.39, 0.29) is 30.5 Å². The number of amides is 1. The van der Waals surface area contributed by atoms with E-state index < -0.39 is 0 Å². The predicted octanol–water partition coefficient (Wildman–Crippen LogP) is 0.827. The molecular formula is C12H23ClN2O2. The number of hydrogen-bond acceptors (Lipinski definition) is 3. The summed E-state index contributed by atoms with van der Waals surface area (Å²) in [4.78, 5) is 11.8. The number of nitrogens with one attached hydrogen (secondary N) is 2. The van der Waals surface area contributed by atoms with Gasteiger partial charge in [-0.25, -0.2) is 0 Å². The van der Waals surface area contributed by atoms with E-state index in [0.717, 1.165) is 6.54 Å². The van der Waals surface area contributed by atoms with Crippen molar-refractivity contribution in [2.24, 2.45) is 5.41 Å². The van der Waals surface area contributed by atoms with Crippen LogP contribution in [-0.2, 0) is 4.79 Å². The van der Waals surface area contributed by atoms with Crippen molar-refractivity contribution in [1.82, 2.24) is 10.6 Å². The highest BCUT2D eigenvalue weighted by atomic mass is 35.5. The Balaban J connectivity index is 0.00000144. The lowest BCUT2D eigenvalue weighted by atomic mass is 10.0. The van der Waals surface area contributed by atoms with Crippen LogP contribution in [0.4, 0.5) is 0 Å². The fourth-order valence-corrected chi connectivity index (χ4v) is 2.54. The lowest BCUT2D eigenvalue weighted by Crippen LogP contribution is -2.42. The van der Waals surface area contributed by atoms with Crippen LogP contribution in [0.1, 0.15) is 39.0 Å². The van der Waals surface area contributed by atoms with E-state index in [1.54, 1.807) is 0 Å². The maximum atomic E-state index is 11.8. The van der Waals surface area contributed by atoms with Crippen LogP contribution in [0, 0.1) is 5.41 Å². The summed E-state index contributed by atoms with van der Waals surface area (Å²) < 4.78 is 0. The average Bonchev–Trinajstić information content (AvgIpc) is 2.89. The van der Waals surface area contributed by atoms with Crippen molar-refractivity contribution in [2.45, 2.75) is 51.2 Å². The van der Waals surface area contributed by atoms with E-state index in [4.69, 9.17) is 0 Å². The van der Waals surface area contributed by atoms with Gasteiger partial charge in [0.2, 0.25) is 5.91 Å². The number of halogens is 1. The van der Waals surface area contributed by atoms with Gasteiger partial charge in [-0.05, 0) is 31.1 Å². The van der Waals surface area contributed by atoms with E-state index in [1.807, 2.05) is 0 Å². The zero-order chi connectivity index (χ0) is 11.6. The van der Waals surface area contributed by atoms with Gasteiger partial charge in [-0.1, -0.05) is 13.3 Å². The van der Waals surface area contributed by atoms with Crippen LogP contribution >= 0.6 is 12.4 Å². The van der Waals surface area contributed by atoms with Crippen LogP contribution in [-0.4, -0.2) is 36.2 Å². The first-order valence-corrected chi connectivity index (χ1v) is 6.34. The Morgan fingerprint density at radius 3 is 2.71 bits per heavy atom. The molecule has 2 fully saturated rings. The Morgan fingerprint density at radius 2 is 2.24 bits per heavy atom. The summed E-state index contributed by atoms with van der Waals surface area (Å²) in [6.07, 6.45) is 5.10. The third-order valence-electron chi connectivity index (χ3n) is 3.80. The van der Waals surface area contributed by atoms with Crippen LogP contribution in [0.2, 0.25) is 0 Å². The molecule has 0 radical (unpaired) electrons. The maximum Gasteiger partial charge on any atom is 0.237 e. The van der Waals surface area contributed by atoms with Gasteiger partial charge in [0.25, 0.3) is 0 Å². The molecule has 1 saturated carbocycles. The minimum atomic E-state index is -0.360. The van der Waals surface area contributed by atoms with E-state index in [1.165, 1.54) is 25.7 Å². The molecule has 3 N–H and O–H groups in total. The standard InChI is InChI=1S/C12H22N2O2.ClH/c1-2-3-12(4-5-12)8-14-11(16)10-6-9(15)7-13-10;/h9-10,13,15H,2-8H2,1H3,(H,14,16);1H. The second-order valence-electron chi connectivity index (χ2n) is 5.32. The third kappa shape index (κ3) is 3.83. The van der Waals surface area contributed by atoms with Crippen LogP contribution < -0.4 is 10.6 Å². The predicted molar refractivity (Wildman–Crippen MR) is 69.2 cm³/mol. The first-order valence-electron chi connectivity index (χ1n) is 6.34. The van der Waals surface area contributed by atoms with Crippen molar-refractivity contribution in [3.05, 3.63) is 0 Å². The van der Waals surface area contributed by atoms with Crippen LogP contribution in [0.25, 0.3) is 0 Å². The number of aliphatic hydroxyl groups is 1. The molecule has 0 bridgehead atoms. The molecule has 0 aromatic rings. The SMILES string of the molecule is CCCC1(CNC(=O)C2CC(O)CN2)CC1.Cl. The summed E-state index contributed by atoms with van der Waals surface area (Å²) in [6.45, 7) is 3.54. The molecule has 0 aromatic carbocycles. The van der Waals surface area contributed by atoms with Crippen molar-refractivity contribution in [1.29, 1.82) is 0 Å². The van der Waals surface area contributed by atoms with Crippen molar-refractivity contribution in [2.75, 3.05) is 13.1 Å². The lowest BCUT2D eigenvalue weighted by Gasteiger charge is -2.17. The second kappa shape index (κ2) is 6.03. The summed E-state index contributed by atoms with van der Waals surface area (Å²) in [6, 6.07) is -0.188. The first kappa shape index (κ1) is 14.7. The van der Waals surface area contributed by atoms with E-state index in [2.05, 4.69) is 17.6 Å². The Labute approximate surface area is 109 Å². The van der Waals surface area contributed by atoms with E-state index in [9.17, 15) is 9.90 Å². The molecule has 100 valence electrons.